The predicted molar refractivity (Wildman–Crippen MR) is 198 cm³/mol. The smallest absolute Gasteiger partial charge is 0.266 e. The molecule has 54 heavy (non-hydrogen) atoms. The van der Waals surface area contributed by atoms with E-state index in [1.54, 1.807) is 6.20 Å². The normalized spacial score (nSPS) is 19.5. The molecule has 3 unspecified atom stereocenters. The van der Waals surface area contributed by atoms with E-state index in [0.717, 1.165) is 47.0 Å². The number of rotatable bonds is 14. The number of H-pyrrole nitrogens is 1. The monoisotopic (exact) mass is 754 g/mol. The van der Waals surface area contributed by atoms with Crippen LogP contribution >= 0.6 is 11.6 Å². The van der Waals surface area contributed by atoms with Crippen LogP contribution in [0.15, 0.2) is 54.9 Å². The molecule has 5 N–H and O–H groups in total. The fraction of sp³-hybridized carbons (Fsp3) is 0.368. The molecule has 1 aliphatic carbocycles. The minimum Gasteiger partial charge on any atom is -0.483 e. The summed E-state index contributed by atoms with van der Waals surface area (Å²) in [4.78, 5) is 88.6. The second-order valence-electron chi connectivity index (χ2n) is 13.6. The number of unbranched alkanes of at least 4 members (excludes halogenated alkanes) is 2. The largest absolute Gasteiger partial charge is 0.483 e. The van der Waals surface area contributed by atoms with Gasteiger partial charge in [0.05, 0.1) is 28.0 Å². The number of anilines is 1. The van der Waals surface area contributed by atoms with Crippen LogP contribution in [0.25, 0.3) is 22.2 Å². The van der Waals surface area contributed by atoms with Crippen molar-refractivity contribution in [2.75, 3.05) is 25.0 Å². The van der Waals surface area contributed by atoms with Crippen LogP contribution in [0.1, 0.15) is 72.1 Å². The molecule has 0 bridgehead atoms. The van der Waals surface area contributed by atoms with Crippen molar-refractivity contribution in [3.8, 4) is 17.0 Å². The zero-order chi connectivity index (χ0) is 37.8. The second kappa shape index (κ2) is 16.0. The van der Waals surface area contributed by atoms with Gasteiger partial charge >= 0.3 is 0 Å². The van der Waals surface area contributed by atoms with Gasteiger partial charge in [-0.2, -0.15) is 0 Å². The number of amides is 6. The fourth-order valence-corrected chi connectivity index (χ4v) is 7.43. The number of aromatic nitrogens is 3. The third-order valence-corrected chi connectivity index (χ3v) is 10.3. The predicted octanol–water partition coefficient (Wildman–Crippen LogP) is 3.74. The van der Waals surface area contributed by atoms with Gasteiger partial charge in [0.2, 0.25) is 23.7 Å². The number of ether oxygens (including phenoxy) is 1. The summed E-state index contributed by atoms with van der Waals surface area (Å²) in [5.41, 5.74) is 2.58. The number of carbonyl (C=O) groups excluding carboxylic acids is 6. The van der Waals surface area contributed by atoms with E-state index in [-0.39, 0.29) is 54.2 Å². The van der Waals surface area contributed by atoms with E-state index >= 15 is 0 Å². The summed E-state index contributed by atoms with van der Waals surface area (Å²) in [5, 5.41) is 12.8. The Hall–Kier alpha value is -5.83. The maximum atomic E-state index is 13.2. The van der Waals surface area contributed by atoms with E-state index in [4.69, 9.17) is 21.3 Å². The number of nitrogens with one attached hydrogen (secondary N) is 5. The SMILES string of the molecule is O=C(COc1cccc2c1C(=O)N(C1CCC(=O)NC1=O)C2=O)NCCCCCNC(=O)C1CCC(Nc2ncc(Cl)c(-c3c[nH]c4ccccc34)n2)C1. The van der Waals surface area contributed by atoms with E-state index in [9.17, 15) is 28.8 Å². The third kappa shape index (κ3) is 7.76. The van der Waals surface area contributed by atoms with E-state index in [1.807, 2.05) is 30.5 Å². The molecule has 4 heterocycles. The highest BCUT2D eigenvalue weighted by atomic mass is 35.5. The van der Waals surface area contributed by atoms with Crippen molar-refractivity contribution >= 4 is 63.9 Å². The third-order valence-electron chi connectivity index (χ3n) is 9.99. The Morgan fingerprint density at radius 3 is 2.57 bits per heavy atom. The maximum Gasteiger partial charge on any atom is 0.266 e. The molecule has 2 aromatic heterocycles. The topological polar surface area (TPSA) is 205 Å². The van der Waals surface area contributed by atoms with E-state index in [0.29, 0.717) is 42.6 Å². The van der Waals surface area contributed by atoms with Gasteiger partial charge in [-0.15, -0.1) is 0 Å². The minimum absolute atomic E-state index is 0.0131. The molecule has 16 heteroatoms. The molecule has 2 aromatic carbocycles. The molecular formula is C38H39ClN8O7. The lowest BCUT2D eigenvalue weighted by atomic mass is 10.0. The maximum absolute atomic E-state index is 13.2. The van der Waals surface area contributed by atoms with Gasteiger partial charge in [-0.05, 0) is 63.1 Å². The number of benzene rings is 2. The van der Waals surface area contributed by atoms with Crippen LogP contribution in [0.2, 0.25) is 5.02 Å². The molecule has 4 aromatic rings. The Bertz CT molecular complexity index is 2140. The molecule has 15 nitrogen and oxygen atoms in total. The number of para-hydroxylation sites is 1. The highest BCUT2D eigenvalue weighted by molar-refractivity contribution is 6.33. The summed E-state index contributed by atoms with van der Waals surface area (Å²) in [6, 6.07) is 11.4. The van der Waals surface area contributed by atoms with Gasteiger partial charge in [-0.25, -0.2) is 9.97 Å². The average Bonchev–Trinajstić information content (AvgIpc) is 3.88. The number of halogens is 1. The zero-order valence-electron chi connectivity index (χ0n) is 29.3. The van der Waals surface area contributed by atoms with Crippen LogP contribution in [-0.2, 0) is 19.2 Å². The zero-order valence-corrected chi connectivity index (χ0v) is 30.0. The van der Waals surface area contributed by atoms with Crippen LogP contribution in [0.5, 0.6) is 5.75 Å². The molecule has 3 atom stereocenters. The van der Waals surface area contributed by atoms with Gasteiger partial charge in [-0.1, -0.05) is 35.9 Å². The van der Waals surface area contributed by atoms with Crippen molar-refractivity contribution < 1.29 is 33.5 Å². The molecule has 280 valence electrons. The van der Waals surface area contributed by atoms with Gasteiger partial charge in [0, 0.05) is 54.1 Å². The Kier molecular flexibility index (Phi) is 10.9. The minimum atomic E-state index is -1.10. The molecule has 7 rings (SSSR count). The fourth-order valence-electron chi connectivity index (χ4n) is 7.24. The van der Waals surface area contributed by atoms with Gasteiger partial charge < -0.3 is 25.7 Å². The lowest BCUT2D eigenvalue weighted by molar-refractivity contribution is -0.136. The summed E-state index contributed by atoms with van der Waals surface area (Å²) < 4.78 is 5.63. The average molecular weight is 755 g/mol. The van der Waals surface area contributed by atoms with Crippen molar-refractivity contribution in [1.82, 2.24) is 35.8 Å². The summed E-state index contributed by atoms with van der Waals surface area (Å²) in [6.07, 6.45) is 8.00. The molecule has 0 radical (unpaired) electrons. The van der Waals surface area contributed by atoms with Gasteiger partial charge in [0.15, 0.2) is 6.61 Å². The van der Waals surface area contributed by atoms with Crippen LogP contribution in [0.4, 0.5) is 5.95 Å². The summed E-state index contributed by atoms with van der Waals surface area (Å²) in [5.74, 6) is -2.48. The summed E-state index contributed by atoms with van der Waals surface area (Å²) >= 11 is 6.48. The van der Waals surface area contributed by atoms with E-state index in [1.165, 1.54) is 18.2 Å². The highest BCUT2D eigenvalue weighted by Gasteiger charge is 2.46. The van der Waals surface area contributed by atoms with E-state index in [2.05, 4.69) is 31.2 Å². The molecule has 1 saturated carbocycles. The van der Waals surface area contributed by atoms with Crippen LogP contribution < -0.4 is 26.0 Å². The molecule has 2 fully saturated rings. The van der Waals surface area contributed by atoms with Crippen molar-refractivity contribution in [2.24, 2.45) is 5.92 Å². The number of hydrogen-bond acceptors (Lipinski definition) is 10. The summed E-state index contributed by atoms with van der Waals surface area (Å²) in [7, 11) is 0. The Labute approximate surface area is 315 Å². The number of nitrogens with zero attached hydrogens (tertiary/aromatic N) is 3. The molecule has 3 aliphatic rings. The number of hydrogen-bond donors (Lipinski definition) is 5. The first-order valence-electron chi connectivity index (χ1n) is 18.0. The molecular weight excluding hydrogens is 716 g/mol. The number of carbonyl (C=O) groups is 6. The second-order valence-corrected chi connectivity index (χ2v) is 14.0. The molecule has 0 spiro atoms. The summed E-state index contributed by atoms with van der Waals surface area (Å²) in [6.45, 7) is 0.550. The highest BCUT2D eigenvalue weighted by Crippen LogP contribution is 2.35. The van der Waals surface area contributed by atoms with E-state index < -0.39 is 35.6 Å². The van der Waals surface area contributed by atoms with Gasteiger partial charge in [-0.3, -0.25) is 39.0 Å². The van der Waals surface area contributed by atoms with Gasteiger partial charge in [0.25, 0.3) is 17.7 Å². The standard InChI is InChI=1S/C38H39ClN8O7/c39-26-19-43-38(46-33(26)25-18-42-27-9-3-2-7-23(25)27)44-22-12-11-21(17-22)34(50)41-16-5-1-4-15-40-31(49)20-54-29-10-6-8-24-32(29)37(53)47(36(24)52)28-13-14-30(48)45-35(28)51/h2-3,6-10,18-19,21-22,28,42H,1,4-5,11-17,20H2,(H,40,49)(H,41,50)(H,43,44,46)(H,45,48,51). The van der Waals surface area contributed by atoms with Crippen LogP contribution in [-0.4, -0.2) is 87.1 Å². The van der Waals surface area contributed by atoms with Crippen molar-refractivity contribution in [1.29, 1.82) is 0 Å². The molecule has 2 aliphatic heterocycles. The molecule has 6 amide bonds. The number of aromatic amines is 1. The number of imide groups is 2. The Morgan fingerprint density at radius 2 is 1.74 bits per heavy atom. The van der Waals surface area contributed by atoms with Gasteiger partial charge in [0.1, 0.15) is 11.8 Å². The molecule has 1 saturated heterocycles. The van der Waals surface area contributed by atoms with Crippen molar-refractivity contribution in [2.45, 2.75) is 63.5 Å². The number of fused-ring (bicyclic) bond motifs is 2. The number of piperidine rings is 1. The quantitative estimate of drug-likeness (QED) is 0.0932. The first-order valence-corrected chi connectivity index (χ1v) is 18.4. The first kappa shape index (κ1) is 36.5. The Morgan fingerprint density at radius 1 is 0.926 bits per heavy atom. The van der Waals surface area contributed by atoms with Crippen molar-refractivity contribution in [3.05, 3.63) is 71.0 Å². The first-order chi connectivity index (χ1) is 26.2. The lowest BCUT2D eigenvalue weighted by Crippen LogP contribution is -2.54. The lowest BCUT2D eigenvalue weighted by Gasteiger charge is -2.27. The van der Waals surface area contributed by atoms with Crippen molar-refractivity contribution in [3.63, 3.8) is 0 Å². The van der Waals surface area contributed by atoms with Crippen LogP contribution in [0, 0.1) is 5.92 Å². The Balaban J connectivity index is 0.789. The van der Waals surface area contributed by atoms with Crippen LogP contribution in [0.3, 0.4) is 0 Å².